The largest absolute Gasteiger partial charge is 0.311 e. The predicted molar refractivity (Wildman–Crippen MR) is 88.0 cm³/mol. The second-order valence-corrected chi connectivity index (χ2v) is 8.84. The summed E-state index contributed by atoms with van der Waals surface area (Å²) in [5.41, 5.74) is 0.806. The van der Waals surface area contributed by atoms with Crippen LogP contribution in [0.25, 0.3) is 0 Å². The molecule has 0 bridgehead atoms. The van der Waals surface area contributed by atoms with Crippen LogP contribution in [0.15, 0.2) is 0 Å². The second-order valence-electron chi connectivity index (χ2n) is 8.84. The van der Waals surface area contributed by atoms with Gasteiger partial charge >= 0.3 is 0 Å². The van der Waals surface area contributed by atoms with Crippen molar-refractivity contribution in [1.29, 1.82) is 0 Å². The number of nitrogens with zero attached hydrogens (tertiary/aromatic N) is 1. The van der Waals surface area contributed by atoms with Crippen LogP contribution in [-0.4, -0.2) is 36.6 Å². The normalized spacial score (nSPS) is 27.6. The first kappa shape index (κ1) is 16.3. The molecule has 2 heteroatoms. The maximum atomic E-state index is 3.79. The minimum atomic E-state index is 0.251. The lowest BCUT2D eigenvalue weighted by atomic mass is 9.84. The number of nitrogens with one attached hydrogen (secondary N) is 1. The summed E-state index contributed by atoms with van der Waals surface area (Å²) in [5, 5.41) is 3.79. The molecule has 1 unspecified atom stereocenters. The molecule has 1 aliphatic heterocycles. The first-order chi connectivity index (χ1) is 9.30. The van der Waals surface area contributed by atoms with Gasteiger partial charge in [-0.1, -0.05) is 26.7 Å². The summed E-state index contributed by atoms with van der Waals surface area (Å²) in [5.74, 6) is 1.79. The molecule has 20 heavy (non-hydrogen) atoms. The van der Waals surface area contributed by atoms with Crippen LogP contribution >= 0.6 is 0 Å². The number of hydrogen-bond acceptors (Lipinski definition) is 2. The molecule has 2 rings (SSSR count). The number of rotatable bonds is 5. The van der Waals surface area contributed by atoms with Crippen LogP contribution in [0.5, 0.6) is 0 Å². The lowest BCUT2D eigenvalue weighted by Gasteiger charge is -2.36. The van der Waals surface area contributed by atoms with E-state index in [1.807, 2.05) is 0 Å². The highest BCUT2D eigenvalue weighted by molar-refractivity contribution is 4.93. The first-order valence-electron chi connectivity index (χ1n) is 8.77. The smallest absolute Gasteiger partial charge is 0.00967 e. The summed E-state index contributed by atoms with van der Waals surface area (Å²) >= 11 is 0. The quantitative estimate of drug-likeness (QED) is 0.821. The van der Waals surface area contributed by atoms with Crippen LogP contribution in [0.1, 0.15) is 66.7 Å². The van der Waals surface area contributed by atoms with Crippen LogP contribution in [0.2, 0.25) is 0 Å². The standard InChI is InChI=1S/C18H36N2/c1-15(2)16-8-11-20(12-16)14-18(9-6-7-10-18)13-19-17(3,4)5/h15-16,19H,6-14H2,1-5H3. The number of likely N-dealkylation sites (tertiary alicyclic amines) is 1. The van der Waals surface area contributed by atoms with Gasteiger partial charge in [-0.3, -0.25) is 0 Å². The molecule has 2 aliphatic rings. The fraction of sp³-hybridized carbons (Fsp3) is 1.00. The van der Waals surface area contributed by atoms with Crippen LogP contribution in [0.3, 0.4) is 0 Å². The molecule has 0 aromatic heterocycles. The van der Waals surface area contributed by atoms with Gasteiger partial charge < -0.3 is 10.2 Å². The van der Waals surface area contributed by atoms with Crippen molar-refractivity contribution in [3.8, 4) is 0 Å². The first-order valence-corrected chi connectivity index (χ1v) is 8.77. The summed E-state index contributed by atoms with van der Waals surface area (Å²) in [6, 6.07) is 0. The zero-order valence-corrected chi connectivity index (χ0v) is 14.5. The molecule has 1 saturated carbocycles. The van der Waals surface area contributed by atoms with Crippen LogP contribution in [0, 0.1) is 17.3 Å². The summed E-state index contributed by atoms with van der Waals surface area (Å²) in [4.78, 5) is 2.76. The maximum Gasteiger partial charge on any atom is 0.00967 e. The highest BCUT2D eigenvalue weighted by Crippen LogP contribution is 2.40. The van der Waals surface area contributed by atoms with Crippen molar-refractivity contribution in [3.05, 3.63) is 0 Å². The Morgan fingerprint density at radius 2 is 1.85 bits per heavy atom. The van der Waals surface area contributed by atoms with Gasteiger partial charge in [-0.2, -0.15) is 0 Å². The third-order valence-electron chi connectivity index (χ3n) is 5.47. The molecule has 2 fully saturated rings. The van der Waals surface area contributed by atoms with E-state index in [2.05, 4.69) is 44.8 Å². The minimum absolute atomic E-state index is 0.251. The maximum absolute atomic E-state index is 3.79. The fourth-order valence-corrected chi connectivity index (χ4v) is 3.99. The van der Waals surface area contributed by atoms with Gasteiger partial charge in [0.2, 0.25) is 0 Å². The lowest BCUT2D eigenvalue weighted by Crippen LogP contribution is -2.47. The highest BCUT2D eigenvalue weighted by atomic mass is 15.2. The Morgan fingerprint density at radius 1 is 1.20 bits per heavy atom. The van der Waals surface area contributed by atoms with Gasteiger partial charge in [0.05, 0.1) is 0 Å². The van der Waals surface area contributed by atoms with Crippen LogP contribution in [-0.2, 0) is 0 Å². The summed E-state index contributed by atoms with van der Waals surface area (Å²) < 4.78 is 0. The number of hydrogen-bond donors (Lipinski definition) is 1. The van der Waals surface area contributed by atoms with Crippen molar-refractivity contribution in [3.63, 3.8) is 0 Å². The Kier molecular flexibility index (Phi) is 5.18. The molecule has 1 N–H and O–H groups in total. The summed E-state index contributed by atoms with van der Waals surface area (Å²) in [6.45, 7) is 16.9. The molecule has 1 saturated heterocycles. The van der Waals surface area contributed by atoms with E-state index in [1.165, 1.54) is 58.3 Å². The Hall–Kier alpha value is -0.0800. The fourth-order valence-electron chi connectivity index (χ4n) is 3.99. The van der Waals surface area contributed by atoms with E-state index < -0.39 is 0 Å². The highest BCUT2D eigenvalue weighted by Gasteiger charge is 2.38. The van der Waals surface area contributed by atoms with Gasteiger partial charge in [0.25, 0.3) is 0 Å². The van der Waals surface area contributed by atoms with E-state index in [-0.39, 0.29) is 5.54 Å². The molecule has 1 heterocycles. The monoisotopic (exact) mass is 280 g/mol. The van der Waals surface area contributed by atoms with E-state index in [0.29, 0.717) is 5.41 Å². The molecule has 0 spiro atoms. The zero-order valence-electron chi connectivity index (χ0n) is 14.5. The van der Waals surface area contributed by atoms with Crippen LogP contribution < -0.4 is 5.32 Å². The van der Waals surface area contributed by atoms with Crippen molar-refractivity contribution in [2.24, 2.45) is 17.3 Å². The van der Waals surface area contributed by atoms with E-state index in [9.17, 15) is 0 Å². The van der Waals surface area contributed by atoms with Gasteiger partial charge in [0.15, 0.2) is 0 Å². The average Bonchev–Trinajstić information content (AvgIpc) is 2.96. The molecule has 1 aliphatic carbocycles. The Labute approximate surface area is 126 Å². The lowest BCUT2D eigenvalue weighted by molar-refractivity contribution is 0.154. The molecule has 2 nitrogen and oxygen atoms in total. The van der Waals surface area contributed by atoms with Crippen LogP contribution in [0.4, 0.5) is 0 Å². The van der Waals surface area contributed by atoms with Gasteiger partial charge in [-0.25, -0.2) is 0 Å². The third kappa shape index (κ3) is 4.46. The molecular formula is C18H36N2. The van der Waals surface area contributed by atoms with Crippen molar-refractivity contribution >= 4 is 0 Å². The molecule has 0 amide bonds. The topological polar surface area (TPSA) is 15.3 Å². The summed E-state index contributed by atoms with van der Waals surface area (Å²) in [7, 11) is 0. The zero-order chi connectivity index (χ0) is 14.8. The average molecular weight is 281 g/mol. The molecule has 118 valence electrons. The minimum Gasteiger partial charge on any atom is -0.311 e. The molecular weight excluding hydrogens is 244 g/mol. The second kappa shape index (κ2) is 6.36. The van der Waals surface area contributed by atoms with E-state index in [4.69, 9.17) is 0 Å². The SMILES string of the molecule is CC(C)C1CCN(CC2(CNC(C)(C)C)CCCC2)C1. The third-order valence-corrected chi connectivity index (χ3v) is 5.47. The Bertz CT molecular complexity index is 297. The Balaban J connectivity index is 1.89. The van der Waals surface area contributed by atoms with E-state index >= 15 is 0 Å². The van der Waals surface area contributed by atoms with Gasteiger partial charge in [0.1, 0.15) is 0 Å². The predicted octanol–water partition coefficient (Wildman–Crippen LogP) is 3.91. The molecule has 0 aromatic carbocycles. The van der Waals surface area contributed by atoms with E-state index in [1.54, 1.807) is 0 Å². The van der Waals surface area contributed by atoms with Gasteiger partial charge in [0, 0.05) is 25.2 Å². The molecule has 1 atom stereocenters. The van der Waals surface area contributed by atoms with Crippen molar-refractivity contribution < 1.29 is 0 Å². The molecule has 0 radical (unpaired) electrons. The van der Waals surface area contributed by atoms with Crippen molar-refractivity contribution in [2.75, 3.05) is 26.2 Å². The van der Waals surface area contributed by atoms with E-state index in [0.717, 1.165) is 11.8 Å². The van der Waals surface area contributed by atoms with Gasteiger partial charge in [-0.05, 0) is 63.8 Å². The van der Waals surface area contributed by atoms with Crippen molar-refractivity contribution in [1.82, 2.24) is 10.2 Å². The Morgan fingerprint density at radius 3 is 2.35 bits per heavy atom. The van der Waals surface area contributed by atoms with Crippen molar-refractivity contribution in [2.45, 2.75) is 72.3 Å². The van der Waals surface area contributed by atoms with Gasteiger partial charge in [-0.15, -0.1) is 0 Å². The summed E-state index contributed by atoms with van der Waals surface area (Å²) in [6.07, 6.45) is 7.15. The molecule has 0 aromatic rings.